The van der Waals surface area contributed by atoms with E-state index < -0.39 is 5.91 Å². The number of carbonyl (C=O) groups is 1. The van der Waals surface area contributed by atoms with Crippen LogP contribution in [0.2, 0.25) is 10.0 Å². The van der Waals surface area contributed by atoms with E-state index in [4.69, 9.17) is 27.9 Å². The van der Waals surface area contributed by atoms with Gasteiger partial charge in [-0.1, -0.05) is 29.3 Å². The molecule has 2 aromatic heterocycles. The van der Waals surface area contributed by atoms with E-state index in [1.165, 1.54) is 35.3 Å². The van der Waals surface area contributed by atoms with Gasteiger partial charge in [0.1, 0.15) is 0 Å². The van der Waals surface area contributed by atoms with Crippen molar-refractivity contribution in [2.45, 2.75) is 13.1 Å². The number of amides is 1. The molecule has 0 aliphatic rings. The quantitative estimate of drug-likeness (QED) is 0.592. The molecule has 0 aliphatic heterocycles. The second kappa shape index (κ2) is 9.29. The molecule has 3 rings (SSSR count). The Labute approximate surface area is 174 Å². The molecule has 28 heavy (non-hydrogen) atoms. The van der Waals surface area contributed by atoms with Gasteiger partial charge in [-0.2, -0.15) is 10.1 Å². The van der Waals surface area contributed by atoms with E-state index in [1.54, 1.807) is 16.7 Å². The van der Waals surface area contributed by atoms with Gasteiger partial charge in [-0.05, 0) is 23.8 Å². The van der Waals surface area contributed by atoms with Crippen molar-refractivity contribution in [3.05, 3.63) is 78.4 Å². The van der Waals surface area contributed by atoms with Gasteiger partial charge in [0.15, 0.2) is 10.5 Å². The Kier molecular flexibility index (Phi) is 6.79. The molecule has 0 aliphatic carbocycles. The van der Waals surface area contributed by atoms with Gasteiger partial charge >= 0.3 is 0 Å². The summed E-state index contributed by atoms with van der Waals surface area (Å²) in [6.07, 6.45) is 1.81. The average molecular weight is 439 g/mol. The molecule has 0 radical (unpaired) electrons. The van der Waals surface area contributed by atoms with Gasteiger partial charge < -0.3 is 9.30 Å². The lowest BCUT2D eigenvalue weighted by Gasteiger charge is -2.06. The number of methoxy groups -OCH3 is 1. The Morgan fingerprint density at radius 3 is 2.86 bits per heavy atom. The lowest BCUT2D eigenvalue weighted by atomic mass is 10.2. The Bertz CT molecular complexity index is 1120. The molecule has 3 aromatic rings. The van der Waals surface area contributed by atoms with Gasteiger partial charge in [-0.15, -0.1) is 11.3 Å². The summed E-state index contributed by atoms with van der Waals surface area (Å²) in [5.41, 5.74) is 0.627. The smallest absolute Gasteiger partial charge is 0.300 e. The lowest BCUT2D eigenvalue weighted by molar-refractivity contribution is 0.0989. The highest BCUT2D eigenvalue weighted by atomic mass is 35.5. The number of rotatable bonds is 6. The third-order valence-corrected chi connectivity index (χ3v) is 5.19. The number of ether oxygens (including phenoxy) is 1. The average Bonchev–Trinajstić information content (AvgIpc) is 3.10. The van der Waals surface area contributed by atoms with Crippen molar-refractivity contribution in [1.29, 1.82) is 0 Å². The van der Waals surface area contributed by atoms with Crippen LogP contribution < -0.4 is 10.4 Å². The van der Waals surface area contributed by atoms with Crippen LogP contribution in [0.4, 0.5) is 0 Å². The minimum Gasteiger partial charge on any atom is -0.383 e. The Morgan fingerprint density at radius 1 is 1.29 bits per heavy atom. The van der Waals surface area contributed by atoms with Crippen molar-refractivity contribution >= 4 is 40.4 Å². The molecule has 7 nitrogen and oxygen atoms in total. The summed E-state index contributed by atoms with van der Waals surface area (Å²) in [5, 5.41) is 6.98. The normalized spacial score (nSPS) is 11.8. The zero-order valence-corrected chi connectivity index (χ0v) is 17.2. The minimum absolute atomic E-state index is 0.0835. The van der Waals surface area contributed by atoms with Crippen molar-refractivity contribution in [3.63, 3.8) is 0 Å². The van der Waals surface area contributed by atoms with E-state index in [-0.39, 0.29) is 17.8 Å². The van der Waals surface area contributed by atoms with Crippen LogP contribution in [-0.4, -0.2) is 34.0 Å². The summed E-state index contributed by atoms with van der Waals surface area (Å²) in [6.45, 7) is 1.01. The highest BCUT2D eigenvalue weighted by Crippen LogP contribution is 2.21. The fourth-order valence-corrected chi connectivity index (χ4v) is 3.58. The van der Waals surface area contributed by atoms with E-state index in [0.29, 0.717) is 28.0 Å². The van der Waals surface area contributed by atoms with Crippen LogP contribution in [0.1, 0.15) is 16.1 Å². The van der Waals surface area contributed by atoms with Crippen LogP contribution in [0.25, 0.3) is 0 Å². The molecule has 0 N–H and O–H groups in total. The molecular formula is C18H16Cl2N4O3S. The van der Waals surface area contributed by atoms with Gasteiger partial charge in [0.25, 0.3) is 11.5 Å². The predicted octanol–water partition coefficient (Wildman–Crippen LogP) is 2.85. The second-order valence-corrected chi connectivity index (χ2v) is 7.46. The van der Waals surface area contributed by atoms with Gasteiger partial charge in [0.2, 0.25) is 0 Å². The molecule has 0 saturated heterocycles. The van der Waals surface area contributed by atoms with Gasteiger partial charge in [-0.25, -0.2) is 4.68 Å². The fourth-order valence-electron chi connectivity index (χ4n) is 2.39. The van der Waals surface area contributed by atoms with Crippen molar-refractivity contribution in [2.75, 3.05) is 13.7 Å². The summed E-state index contributed by atoms with van der Waals surface area (Å²) in [5.74, 6) is -0.537. The van der Waals surface area contributed by atoms with E-state index in [9.17, 15) is 9.59 Å². The maximum Gasteiger partial charge on any atom is 0.300 e. The zero-order chi connectivity index (χ0) is 20.1. The number of aromatic nitrogens is 3. The highest BCUT2D eigenvalue weighted by molar-refractivity contribution is 7.07. The van der Waals surface area contributed by atoms with Gasteiger partial charge in [0, 0.05) is 34.8 Å². The van der Waals surface area contributed by atoms with Crippen LogP contribution >= 0.6 is 34.5 Å². The summed E-state index contributed by atoms with van der Waals surface area (Å²) in [7, 11) is 1.53. The molecule has 1 aromatic carbocycles. The first-order valence-corrected chi connectivity index (χ1v) is 9.85. The van der Waals surface area contributed by atoms with Crippen molar-refractivity contribution < 1.29 is 9.53 Å². The van der Waals surface area contributed by atoms with Crippen molar-refractivity contribution in [1.82, 2.24) is 14.3 Å². The van der Waals surface area contributed by atoms with Crippen molar-refractivity contribution in [2.24, 2.45) is 4.99 Å². The van der Waals surface area contributed by atoms with E-state index >= 15 is 0 Å². The molecule has 2 heterocycles. The van der Waals surface area contributed by atoms with E-state index in [2.05, 4.69) is 10.1 Å². The van der Waals surface area contributed by atoms with Gasteiger partial charge in [-0.3, -0.25) is 9.59 Å². The SMILES string of the molecule is COCCn1nc(C(=O)N=c2sccn2Cc2ccc(Cl)cc2Cl)ccc1=O. The van der Waals surface area contributed by atoms with Crippen molar-refractivity contribution in [3.8, 4) is 0 Å². The second-order valence-electron chi connectivity index (χ2n) is 5.74. The van der Waals surface area contributed by atoms with Crippen LogP contribution in [0.3, 0.4) is 0 Å². The molecule has 0 spiro atoms. The minimum atomic E-state index is -0.537. The Balaban J connectivity index is 1.87. The molecular weight excluding hydrogens is 423 g/mol. The summed E-state index contributed by atoms with van der Waals surface area (Å²) in [6, 6.07) is 7.91. The molecule has 10 heteroatoms. The lowest BCUT2D eigenvalue weighted by Crippen LogP contribution is -2.26. The van der Waals surface area contributed by atoms with Crippen LogP contribution in [-0.2, 0) is 17.8 Å². The molecule has 0 atom stereocenters. The third kappa shape index (κ3) is 4.96. The maximum atomic E-state index is 12.5. The standard InChI is InChI=1S/C18H16Cl2N4O3S/c1-27-8-6-24-16(25)5-4-15(22-24)17(26)21-18-23(7-9-28-18)11-12-2-3-13(19)10-14(12)20/h2-5,7,9-10H,6,8,11H2,1H3. The fraction of sp³-hybridized carbons (Fsp3) is 0.222. The number of benzene rings is 1. The molecule has 1 amide bonds. The van der Waals surface area contributed by atoms with Crippen LogP contribution in [0, 0.1) is 0 Å². The summed E-state index contributed by atoms with van der Waals surface area (Å²) in [4.78, 5) is 29.0. The topological polar surface area (TPSA) is 78.5 Å². The van der Waals surface area contributed by atoms with Crippen LogP contribution in [0.15, 0.2) is 51.7 Å². The zero-order valence-electron chi connectivity index (χ0n) is 14.8. The summed E-state index contributed by atoms with van der Waals surface area (Å²) >= 11 is 13.5. The van der Waals surface area contributed by atoms with Gasteiger partial charge in [0.05, 0.1) is 19.7 Å². The molecule has 0 fully saturated rings. The first-order chi connectivity index (χ1) is 13.5. The van der Waals surface area contributed by atoms with Crippen LogP contribution in [0.5, 0.6) is 0 Å². The number of halogens is 2. The molecule has 0 unspecified atom stereocenters. The molecule has 0 bridgehead atoms. The third-order valence-electron chi connectivity index (χ3n) is 3.81. The highest BCUT2D eigenvalue weighted by Gasteiger charge is 2.10. The number of carbonyl (C=O) groups excluding carboxylic acids is 1. The largest absolute Gasteiger partial charge is 0.383 e. The Morgan fingerprint density at radius 2 is 2.11 bits per heavy atom. The number of hydrogen-bond donors (Lipinski definition) is 0. The maximum absolute atomic E-state index is 12.5. The summed E-state index contributed by atoms with van der Waals surface area (Å²) < 4.78 is 7.93. The first kappa shape index (κ1) is 20.5. The number of thiazole rings is 1. The first-order valence-electron chi connectivity index (χ1n) is 8.22. The van der Waals surface area contributed by atoms with E-state index in [0.717, 1.165) is 5.56 Å². The molecule has 0 saturated carbocycles. The predicted molar refractivity (Wildman–Crippen MR) is 108 cm³/mol. The Hall–Kier alpha value is -2.26. The monoisotopic (exact) mass is 438 g/mol. The molecule has 146 valence electrons. The van der Waals surface area contributed by atoms with E-state index in [1.807, 2.05) is 17.6 Å². The number of nitrogens with zero attached hydrogens (tertiary/aromatic N) is 4. The number of hydrogen-bond acceptors (Lipinski definition) is 5.